The summed E-state index contributed by atoms with van der Waals surface area (Å²) in [5, 5.41) is 4.95. The Morgan fingerprint density at radius 3 is 2.90 bits per heavy atom. The molecule has 2 heteroatoms. The molecule has 0 fully saturated rings. The van der Waals surface area contributed by atoms with Crippen molar-refractivity contribution in [1.82, 2.24) is 10.3 Å². The average Bonchev–Trinajstić information content (AvgIpc) is 2.94. The molecule has 0 saturated carbocycles. The molecule has 0 amide bonds. The van der Waals surface area contributed by atoms with E-state index in [1.54, 1.807) is 0 Å². The Labute approximate surface area is 121 Å². The van der Waals surface area contributed by atoms with Crippen LogP contribution < -0.4 is 5.32 Å². The number of nitrogens with zero attached hydrogens (tertiary/aromatic N) is 1. The van der Waals surface area contributed by atoms with E-state index in [1.165, 1.54) is 52.5 Å². The molecule has 0 atom stereocenters. The highest BCUT2D eigenvalue weighted by Gasteiger charge is 2.19. The largest absolute Gasteiger partial charge is 0.313 e. The van der Waals surface area contributed by atoms with Gasteiger partial charge in [-0.05, 0) is 67.5 Å². The summed E-state index contributed by atoms with van der Waals surface area (Å²) >= 11 is 0. The minimum Gasteiger partial charge on any atom is -0.313 e. The number of pyridine rings is 1. The minimum atomic E-state index is 0.988. The predicted octanol–water partition coefficient (Wildman–Crippen LogP) is 3.79. The van der Waals surface area contributed by atoms with Crippen molar-refractivity contribution in [2.75, 3.05) is 6.54 Å². The molecule has 0 saturated heterocycles. The molecule has 0 spiro atoms. The number of hydrogen-bond acceptors (Lipinski definition) is 2. The van der Waals surface area contributed by atoms with Crippen LogP contribution in [0, 0.1) is 0 Å². The molecule has 106 valence electrons. The van der Waals surface area contributed by atoms with Gasteiger partial charge in [0, 0.05) is 17.6 Å². The number of fused-ring (bicyclic) bond motifs is 2. The van der Waals surface area contributed by atoms with Crippen molar-refractivity contribution in [3.63, 3.8) is 0 Å². The van der Waals surface area contributed by atoms with Gasteiger partial charge in [-0.2, -0.15) is 0 Å². The highest BCUT2D eigenvalue weighted by molar-refractivity contribution is 5.84. The maximum Gasteiger partial charge on any atom is 0.0708 e. The second kappa shape index (κ2) is 5.92. The lowest BCUT2D eigenvalue weighted by molar-refractivity contribution is 0.674. The fraction of sp³-hybridized carbons (Fsp3) is 0.500. The van der Waals surface area contributed by atoms with Crippen molar-refractivity contribution in [2.24, 2.45) is 0 Å². The van der Waals surface area contributed by atoms with E-state index in [2.05, 4.69) is 37.4 Å². The third kappa shape index (κ3) is 2.45. The van der Waals surface area contributed by atoms with Crippen molar-refractivity contribution in [3.8, 4) is 0 Å². The predicted molar refractivity (Wildman–Crippen MR) is 85.1 cm³/mol. The smallest absolute Gasteiger partial charge is 0.0708 e. The molecule has 1 N–H and O–H groups in total. The molecule has 0 aliphatic heterocycles. The number of aromatic nitrogens is 1. The summed E-state index contributed by atoms with van der Waals surface area (Å²) in [5.41, 5.74) is 6.96. The van der Waals surface area contributed by atoms with Crippen LogP contribution >= 0.6 is 0 Å². The summed E-state index contributed by atoms with van der Waals surface area (Å²) in [6.07, 6.45) is 5.90. The van der Waals surface area contributed by atoms with Gasteiger partial charge in [-0.1, -0.05) is 19.9 Å². The molecule has 2 nitrogen and oxygen atoms in total. The van der Waals surface area contributed by atoms with Crippen LogP contribution in [0.25, 0.3) is 10.9 Å². The highest BCUT2D eigenvalue weighted by atomic mass is 14.8. The van der Waals surface area contributed by atoms with E-state index in [4.69, 9.17) is 4.98 Å². The van der Waals surface area contributed by atoms with Crippen molar-refractivity contribution in [2.45, 2.75) is 52.5 Å². The first-order valence-corrected chi connectivity index (χ1v) is 7.97. The molecule has 0 unspecified atom stereocenters. The quantitative estimate of drug-likeness (QED) is 0.835. The number of rotatable bonds is 5. The van der Waals surface area contributed by atoms with E-state index >= 15 is 0 Å². The second-order valence-corrected chi connectivity index (χ2v) is 5.75. The lowest BCUT2D eigenvalue weighted by atomic mass is 9.99. The number of nitrogens with one attached hydrogen (secondary N) is 1. The van der Waals surface area contributed by atoms with Gasteiger partial charge in [0.05, 0.1) is 5.52 Å². The van der Waals surface area contributed by atoms with Gasteiger partial charge >= 0.3 is 0 Å². The maximum atomic E-state index is 4.89. The third-order valence-electron chi connectivity index (χ3n) is 4.33. The lowest BCUT2D eigenvalue weighted by Crippen LogP contribution is -2.16. The zero-order chi connectivity index (χ0) is 13.9. The molecule has 1 aromatic heterocycles. The van der Waals surface area contributed by atoms with Crippen LogP contribution in [0.3, 0.4) is 0 Å². The topological polar surface area (TPSA) is 24.9 Å². The number of hydrogen-bond donors (Lipinski definition) is 1. The number of benzene rings is 1. The summed E-state index contributed by atoms with van der Waals surface area (Å²) in [5.74, 6) is 0. The van der Waals surface area contributed by atoms with Gasteiger partial charge < -0.3 is 5.32 Å². The summed E-state index contributed by atoms with van der Waals surface area (Å²) < 4.78 is 0. The van der Waals surface area contributed by atoms with Gasteiger partial charge in [-0.3, -0.25) is 4.98 Å². The molecule has 3 rings (SSSR count). The van der Waals surface area contributed by atoms with E-state index in [1.807, 2.05) is 0 Å². The van der Waals surface area contributed by atoms with Gasteiger partial charge in [0.2, 0.25) is 0 Å². The normalized spacial score (nSPS) is 13.9. The van der Waals surface area contributed by atoms with Crippen LogP contribution in [-0.4, -0.2) is 11.5 Å². The van der Waals surface area contributed by atoms with Crippen molar-refractivity contribution >= 4 is 10.9 Å². The molecule has 20 heavy (non-hydrogen) atoms. The molecule has 1 aliphatic carbocycles. The highest BCUT2D eigenvalue weighted by Crippen LogP contribution is 2.30. The maximum absolute atomic E-state index is 4.89. The van der Waals surface area contributed by atoms with E-state index in [0.717, 1.165) is 25.9 Å². The summed E-state index contributed by atoms with van der Waals surface area (Å²) in [6.45, 7) is 6.52. The number of aryl methyl sites for hydroxylation is 2. The van der Waals surface area contributed by atoms with Gasteiger partial charge in [-0.25, -0.2) is 0 Å². The van der Waals surface area contributed by atoms with Crippen LogP contribution in [-0.2, 0) is 25.8 Å². The standard InChI is InChI=1S/C18H24N2/c1-3-10-19-12-16-14-6-5-7-17(14)20-18-9-8-13(4-2)11-15(16)18/h8-9,11,19H,3-7,10,12H2,1-2H3. The van der Waals surface area contributed by atoms with Crippen molar-refractivity contribution < 1.29 is 0 Å². The van der Waals surface area contributed by atoms with E-state index < -0.39 is 0 Å². The van der Waals surface area contributed by atoms with E-state index in [-0.39, 0.29) is 0 Å². The van der Waals surface area contributed by atoms with Crippen LogP contribution in [0.5, 0.6) is 0 Å². The first kappa shape index (κ1) is 13.6. The molecule has 1 aliphatic rings. The third-order valence-corrected chi connectivity index (χ3v) is 4.33. The molecule has 2 aromatic rings. The Bertz CT molecular complexity index is 616. The second-order valence-electron chi connectivity index (χ2n) is 5.75. The van der Waals surface area contributed by atoms with E-state index in [0.29, 0.717) is 0 Å². The van der Waals surface area contributed by atoms with Gasteiger partial charge in [0.15, 0.2) is 0 Å². The van der Waals surface area contributed by atoms with Crippen LogP contribution in [0.4, 0.5) is 0 Å². The average molecular weight is 268 g/mol. The van der Waals surface area contributed by atoms with E-state index in [9.17, 15) is 0 Å². The summed E-state index contributed by atoms with van der Waals surface area (Å²) in [6, 6.07) is 6.78. The zero-order valence-corrected chi connectivity index (χ0v) is 12.6. The summed E-state index contributed by atoms with van der Waals surface area (Å²) in [7, 11) is 0. The van der Waals surface area contributed by atoms with Crippen LogP contribution in [0.2, 0.25) is 0 Å². The lowest BCUT2D eigenvalue weighted by Gasteiger charge is -2.14. The van der Waals surface area contributed by atoms with Gasteiger partial charge in [0.1, 0.15) is 0 Å². The van der Waals surface area contributed by atoms with Gasteiger partial charge in [-0.15, -0.1) is 0 Å². The Kier molecular flexibility index (Phi) is 4.02. The van der Waals surface area contributed by atoms with Crippen LogP contribution in [0.1, 0.15) is 49.1 Å². The Morgan fingerprint density at radius 2 is 2.10 bits per heavy atom. The first-order valence-electron chi connectivity index (χ1n) is 7.97. The molecule has 1 aromatic carbocycles. The molecular weight excluding hydrogens is 244 g/mol. The van der Waals surface area contributed by atoms with Gasteiger partial charge in [0.25, 0.3) is 0 Å². The molecular formula is C18H24N2. The first-order chi connectivity index (χ1) is 9.83. The molecule has 0 radical (unpaired) electrons. The Hall–Kier alpha value is -1.41. The monoisotopic (exact) mass is 268 g/mol. The summed E-state index contributed by atoms with van der Waals surface area (Å²) in [4.78, 5) is 4.89. The Balaban J connectivity index is 2.10. The van der Waals surface area contributed by atoms with Crippen molar-refractivity contribution in [1.29, 1.82) is 0 Å². The fourth-order valence-corrected chi connectivity index (χ4v) is 3.22. The fourth-order valence-electron chi connectivity index (χ4n) is 3.22. The zero-order valence-electron chi connectivity index (χ0n) is 12.6. The molecule has 1 heterocycles. The van der Waals surface area contributed by atoms with Crippen LogP contribution in [0.15, 0.2) is 18.2 Å². The van der Waals surface area contributed by atoms with Crippen molar-refractivity contribution in [3.05, 3.63) is 40.6 Å². The minimum absolute atomic E-state index is 0.988. The molecule has 0 bridgehead atoms. The SMILES string of the molecule is CCCNCc1c2c(nc3ccc(CC)cc13)CCC2. The Morgan fingerprint density at radius 1 is 1.20 bits per heavy atom.